The molecule has 0 aliphatic carbocycles. The molecule has 0 fully saturated rings. The molecule has 0 amide bonds. The van der Waals surface area contributed by atoms with Gasteiger partial charge < -0.3 is 17.0 Å². The Labute approximate surface area is 102 Å². The molecular formula is C10H13BrMg. The molecule has 0 spiro atoms. The molecule has 2 heteroatoms. The number of halogens is 1. The molecule has 0 heterocycles. The standard InChI is InChI=1S/C10H13.BrH.Mg/c1-3-9-5-7-10(4-2)8-6-9;;/h5-7H,3-4H2,1-2H3;1H;/q-1;;+2/p-1. The van der Waals surface area contributed by atoms with E-state index in [1.807, 2.05) is 0 Å². The van der Waals surface area contributed by atoms with Crippen molar-refractivity contribution in [1.82, 2.24) is 0 Å². The van der Waals surface area contributed by atoms with Crippen molar-refractivity contribution in [2.24, 2.45) is 0 Å². The van der Waals surface area contributed by atoms with Crippen LogP contribution in [0.3, 0.4) is 0 Å². The summed E-state index contributed by atoms with van der Waals surface area (Å²) in [5, 5.41) is 0. The monoisotopic (exact) mass is 236 g/mol. The molecule has 0 radical (unpaired) electrons. The number of hydrogen-bond acceptors (Lipinski definition) is 0. The molecule has 1 aromatic rings. The van der Waals surface area contributed by atoms with Crippen LogP contribution >= 0.6 is 0 Å². The van der Waals surface area contributed by atoms with Gasteiger partial charge in [0.1, 0.15) is 0 Å². The molecule has 12 heavy (non-hydrogen) atoms. The van der Waals surface area contributed by atoms with Gasteiger partial charge in [-0.05, 0) is 0 Å². The van der Waals surface area contributed by atoms with Gasteiger partial charge in [-0.15, -0.1) is 0 Å². The third-order valence-corrected chi connectivity index (χ3v) is 1.73. The van der Waals surface area contributed by atoms with Gasteiger partial charge in [-0.3, -0.25) is 0 Å². The molecule has 0 unspecified atom stereocenters. The van der Waals surface area contributed by atoms with Gasteiger partial charge in [0, 0.05) is 0 Å². The zero-order valence-electron chi connectivity index (χ0n) is 7.73. The van der Waals surface area contributed by atoms with Crippen LogP contribution < -0.4 is 17.0 Å². The Kier molecular flexibility index (Phi) is 10.1. The summed E-state index contributed by atoms with van der Waals surface area (Å²) in [6.45, 7) is 4.31. The Balaban J connectivity index is 0. The predicted octanol–water partition coefficient (Wildman–Crippen LogP) is -0.765. The summed E-state index contributed by atoms with van der Waals surface area (Å²) in [7, 11) is 0. The third kappa shape index (κ3) is 4.48. The van der Waals surface area contributed by atoms with E-state index >= 15 is 0 Å². The molecule has 0 saturated heterocycles. The fourth-order valence-corrected chi connectivity index (χ4v) is 0.929. The first-order chi connectivity index (χ1) is 4.86. The molecule has 1 rings (SSSR count). The van der Waals surface area contributed by atoms with E-state index in [0.29, 0.717) is 0 Å². The van der Waals surface area contributed by atoms with Crippen LogP contribution in [0, 0.1) is 6.07 Å². The van der Waals surface area contributed by atoms with Gasteiger partial charge in [-0.25, -0.2) is 0 Å². The molecule has 1 aromatic carbocycles. The molecule has 0 saturated carbocycles. The molecule has 0 aliphatic rings. The van der Waals surface area contributed by atoms with Crippen molar-refractivity contribution in [3.8, 4) is 0 Å². The Bertz CT molecular complexity index is 170. The Morgan fingerprint density at radius 1 is 1.17 bits per heavy atom. The van der Waals surface area contributed by atoms with Crippen molar-refractivity contribution in [1.29, 1.82) is 0 Å². The van der Waals surface area contributed by atoms with Crippen molar-refractivity contribution in [2.75, 3.05) is 0 Å². The summed E-state index contributed by atoms with van der Waals surface area (Å²) in [5.41, 5.74) is 2.68. The topological polar surface area (TPSA) is 0 Å². The van der Waals surface area contributed by atoms with Crippen molar-refractivity contribution in [2.45, 2.75) is 26.7 Å². The van der Waals surface area contributed by atoms with E-state index in [1.165, 1.54) is 11.1 Å². The van der Waals surface area contributed by atoms with Gasteiger partial charge >= 0.3 is 23.1 Å². The van der Waals surface area contributed by atoms with E-state index in [9.17, 15) is 0 Å². The summed E-state index contributed by atoms with van der Waals surface area (Å²) in [6.07, 6.45) is 2.20. The minimum atomic E-state index is 0. The number of rotatable bonds is 2. The van der Waals surface area contributed by atoms with Crippen LogP contribution in [-0.2, 0) is 12.8 Å². The van der Waals surface area contributed by atoms with E-state index in [2.05, 4.69) is 38.1 Å². The maximum Gasteiger partial charge on any atom is 2.00 e. The fourth-order valence-electron chi connectivity index (χ4n) is 0.929. The second kappa shape index (κ2) is 8.08. The van der Waals surface area contributed by atoms with Crippen LogP contribution in [0.2, 0.25) is 0 Å². The average molecular weight is 237 g/mol. The molecular weight excluding hydrogens is 224 g/mol. The molecule has 0 atom stereocenters. The summed E-state index contributed by atoms with van der Waals surface area (Å²) in [4.78, 5) is 0. The van der Waals surface area contributed by atoms with Gasteiger partial charge in [-0.2, -0.15) is 35.4 Å². The second-order valence-corrected chi connectivity index (χ2v) is 2.43. The molecule has 0 nitrogen and oxygen atoms in total. The fraction of sp³-hybridized carbons (Fsp3) is 0.400. The van der Waals surface area contributed by atoms with Crippen LogP contribution in [0.1, 0.15) is 25.0 Å². The molecule has 0 aliphatic heterocycles. The first kappa shape index (κ1) is 15.0. The van der Waals surface area contributed by atoms with Crippen LogP contribution in [0.5, 0.6) is 0 Å². The van der Waals surface area contributed by atoms with Crippen LogP contribution in [-0.4, -0.2) is 23.1 Å². The normalized spacial score (nSPS) is 8.17. The zero-order chi connectivity index (χ0) is 7.40. The maximum absolute atomic E-state index is 3.24. The van der Waals surface area contributed by atoms with E-state index in [4.69, 9.17) is 0 Å². The van der Waals surface area contributed by atoms with E-state index in [1.54, 1.807) is 0 Å². The number of hydrogen-bond donors (Lipinski definition) is 0. The maximum atomic E-state index is 3.24. The molecule has 62 valence electrons. The van der Waals surface area contributed by atoms with Gasteiger partial charge in [0.15, 0.2) is 0 Å². The largest absolute Gasteiger partial charge is 2.00 e. The van der Waals surface area contributed by atoms with Gasteiger partial charge in [-0.1, -0.05) is 26.7 Å². The van der Waals surface area contributed by atoms with Gasteiger partial charge in [0.25, 0.3) is 0 Å². The summed E-state index contributed by atoms with van der Waals surface area (Å²) >= 11 is 0. The van der Waals surface area contributed by atoms with Crippen molar-refractivity contribution in [3.05, 3.63) is 35.4 Å². The molecule has 0 aromatic heterocycles. The predicted molar refractivity (Wildman–Crippen MR) is 49.8 cm³/mol. The van der Waals surface area contributed by atoms with E-state index in [0.717, 1.165) is 12.8 Å². The first-order valence-electron chi connectivity index (χ1n) is 3.86. The molecule has 0 N–H and O–H groups in total. The third-order valence-electron chi connectivity index (χ3n) is 1.73. The summed E-state index contributed by atoms with van der Waals surface area (Å²) in [6, 6.07) is 9.65. The molecule has 0 bridgehead atoms. The Morgan fingerprint density at radius 3 is 2.17 bits per heavy atom. The number of benzene rings is 1. The minimum Gasteiger partial charge on any atom is -1.00 e. The van der Waals surface area contributed by atoms with Crippen molar-refractivity contribution in [3.63, 3.8) is 0 Å². The van der Waals surface area contributed by atoms with E-state index < -0.39 is 0 Å². The van der Waals surface area contributed by atoms with Gasteiger partial charge in [0.2, 0.25) is 0 Å². The van der Waals surface area contributed by atoms with Crippen molar-refractivity contribution >= 4 is 23.1 Å². The second-order valence-electron chi connectivity index (χ2n) is 2.43. The smallest absolute Gasteiger partial charge is 1.00 e. The van der Waals surface area contributed by atoms with Crippen LogP contribution in [0.4, 0.5) is 0 Å². The van der Waals surface area contributed by atoms with Crippen LogP contribution in [0.15, 0.2) is 18.2 Å². The number of aryl methyl sites for hydroxylation is 2. The van der Waals surface area contributed by atoms with Gasteiger partial charge in [0.05, 0.1) is 0 Å². The Hall–Kier alpha value is 0.466. The minimum absolute atomic E-state index is 0. The summed E-state index contributed by atoms with van der Waals surface area (Å²) in [5.74, 6) is 0. The average Bonchev–Trinajstić information content (AvgIpc) is 2.05. The van der Waals surface area contributed by atoms with Crippen molar-refractivity contribution < 1.29 is 17.0 Å². The zero-order valence-corrected chi connectivity index (χ0v) is 10.7. The van der Waals surface area contributed by atoms with Crippen LogP contribution in [0.25, 0.3) is 0 Å². The first-order valence-corrected chi connectivity index (χ1v) is 3.86. The summed E-state index contributed by atoms with van der Waals surface area (Å²) < 4.78 is 0. The van der Waals surface area contributed by atoms with E-state index in [-0.39, 0.29) is 40.0 Å². The SMILES string of the molecule is CCc1[c-]cc(CC)cc1.[Br-].[Mg+2]. The Morgan fingerprint density at radius 2 is 1.83 bits per heavy atom. The quantitative estimate of drug-likeness (QED) is 0.468.